The van der Waals surface area contributed by atoms with Gasteiger partial charge in [0, 0.05) is 23.5 Å². The molecule has 0 spiro atoms. The van der Waals surface area contributed by atoms with E-state index in [0.29, 0.717) is 5.56 Å². The molecule has 1 heterocycles. The van der Waals surface area contributed by atoms with Gasteiger partial charge >= 0.3 is 5.97 Å². The van der Waals surface area contributed by atoms with Crippen LogP contribution in [0.15, 0.2) is 54.6 Å². The molecule has 2 aromatic carbocycles. The van der Waals surface area contributed by atoms with E-state index in [1.54, 1.807) is 24.3 Å². The highest BCUT2D eigenvalue weighted by Gasteiger charge is 2.20. The highest BCUT2D eigenvalue weighted by atomic mass is 19.1. The molecule has 0 unspecified atom stereocenters. The Labute approximate surface area is 197 Å². The maximum Gasteiger partial charge on any atom is 0.342 e. The van der Waals surface area contributed by atoms with Crippen LogP contribution in [0.4, 0.5) is 10.1 Å². The summed E-state index contributed by atoms with van der Waals surface area (Å²) in [6, 6.07) is 13.8. The topological polar surface area (TPSA) is 86.6 Å². The van der Waals surface area contributed by atoms with E-state index in [1.165, 1.54) is 30.3 Å². The maximum atomic E-state index is 13.7. The van der Waals surface area contributed by atoms with Gasteiger partial charge in [0.1, 0.15) is 17.1 Å². The fraction of sp³-hybridized carbons (Fsp3) is 0.269. The zero-order valence-corrected chi connectivity index (χ0v) is 19.4. The van der Waals surface area contributed by atoms with Gasteiger partial charge in [-0.15, -0.1) is 0 Å². The predicted octanol–water partition coefficient (Wildman–Crippen LogP) is 4.71. The number of aryl methyl sites for hydroxylation is 1. The lowest BCUT2D eigenvalue weighted by Gasteiger charge is -2.12. The van der Waals surface area contributed by atoms with Crippen LogP contribution >= 0.6 is 0 Å². The van der Waals surface area contributed by atoms with Gasteiger partial charge in [0.15, 0.2) is 13.2 Å². The largest absolute Gasteiger partial charge is 0.483 e. The fourth-order valence-corrected chi connectivity index (χ4v) is 3.59. The average Bonchev–Trinajstić information content (AvgIpc) is 3.11. The average molecular weight is 467 g/mol. The molecule has 0 radical (unpaired) electrons. The number of halogens is 1. The first-order valence-electron chi connectivity index (χ1n) is 10.9. The second-order valence-electron chi connectivity index (χ2n) is 7.75. The van der Waals surface area contributed by atoms with Crippen molar-refractivity contribution >= 4 is 23.3 Å². The molecule has 0 aliphatic heterocycles. The summed E-state index contributed by atoms with van der Waals surface area (Å²) in [6.45, 7) is 5.80. The Kier molecular flexibility index (Phi) is 8.19. The number of Topliss-reactive ketones (excluding diaryl/α,β-unsaturated/α-hetero) is 1. The summed E-state index contributed by atoms with van der Waals surface area (Å²) in [6.07, 6.45) is 0.939. The van der Waals surface area contributed by atoms with Crippen LogP contribution in [0.5, 0.6) is 5.75 Å². The summed E-state index contributed by atoms with van der Waals surface area (Å²) < 4.78 is 26.5. The van der Waals surface area contributed by atoms with Crippen molar-refractivity contribution in [1.82, 2.24) is 4.57 Å². The van der Waals surface area contributed by atoms with E-state index in [9.17, 15) is 18.8 Å². The monoisotopic (exact) mass is 466 g/mol. The number of rotatable bonds is 10. The van der Waals surface area contributed by atoms with Gasteiger partial charge in [0.05, 0.1) is 5.69 Å². The van der Waals surface area contributed by atoms with Crippen LogP contribution in [0.2, 0.25) is 0 Å². The zero-order chi connectivity index (χ0) is 24.7. The Hall–Kier alpha value is -3.94. The molecular weight excluding hydrogens is 439 g/mol. The highest BCUT2D eigenvalue weighted by molar-refractivity contribution is 6.01. The van der Waals surface area contributed by atoms with Crippen molar-refractivity contribution in [2.24, 2.45) is 0 Å². The summed E-state index contributed by atoms with van der Waals surface area (Å²) in [5, 5.41) is 2.41. The zero-order valence-electron chi connectivity index (χ0n) is 19.4. The normalized spacial score (nSPS) is 10.6. The second-order valence-corrected chi connectivity index (χ2v) is 7.75. The van der Waals surface area contributed by atoms with Crippen molar-refractivity contribution in [2.45, 2.75) is 33.7 Å². The molecule has 0 fully saturated rings. The van der Waals surface area contributed by atoms with Gasteiger partial charge in [0.25, 0.3) is 5.91 Å². The molecule has 1 amide bonds. The van der Waals surface area contributed by atoms with E-state index in [0.717, 1.165) is 24.4 Å². The van der Waals surface area contributed by atoms with Gasteiger partial charge in [-0.05, 0) is 50.6 Å². The van der Waals surface area contributed by atoms with Gasteiger partial charge in [-0.25, -0.2) is 9.18 Å². The maximum absolute atomic E-state index is 13.7. The minimum atomic E-state index is -0.749. The molecule has 7 nitrogen and oxygen atoms in total. The fourth-order valence-electron chi connectivity index (χ4n) is 3.59. The SMILES string of the molecule is CCCn1c(C)cc(C(=O)COC(=O)c2ccccc2OCC(=O)Nc2ccccc2F)c1C. The quantitative estimate of drug-likeness (QED) is 0.345. The van der Waals surface area contributed by atoms with Crippen LogP contribution in [0.1, 0.15) is 45.4 Å². The number of hydrogen-bond donors (Lipinski definition) is 1. The first-order valence-corrected chi connectivity index (χ1v) is 10.9. The molecule has 0 bridgehead atoms. The molecule has 3 rings (SSSR count). The van der Waals surface area contributed by atoms with Gasteiger partial charge in [-0.2, -0.15) is 0 Å². The van der Waals surface area contributed by atoms with Crippen LogP contribution in [0.3, 0.4) is 0 Å². The Morgan fingerprint density at radius 3 is 2.41 bits per heavy atom. The summed E-state index contributed by atoms with van der Waals surface area (Å²) >= 11 is 0. The first-order chi connectivity index (χ1) is 16.3. The number of hydrogen-bond acceptors (Lipinski definition) is 5. The summed E-state index contributed by atoms with van der Waals surface area (Å²) in [4.78, 5) is 37.4. The summed E-state index contributed by atoms with van der Waals surface area (Å²) in [5.41, 5.74) is 2.44. The molecule has 178 valence electrons. The molecule has 1 aromatic heterocycles. The predicted molar refractivity (Wildman–Crippen MR) is 126 cm³/mol. The van der Waals surface area contributed by atoms with Gasteiger partial charge < -0.3 is 19.4 Å². The van der Waals surface area contributed by atoms with E-state index in [4.69, 9.17) is 9.47 Å². The molecule has 3 aromatic rings. The molecule has 0 aliphatic carbocycles. The third-order valence-corrected chi connectivity index (χ3v) is 5.27. The van der Waals surface area contributed by atoms with Crippen molar-refractivity contribution in [3.8, 4) is 5.75 Å². The van der Waals surface area contributed by atoms with E-state index >= 15 is 0 Å². The molecule has 34 heavy (non-hydrogen) atoms. The number of amides is 1. The van der Waals surface area contributed by atoms with Crippen molar-refractivity contribution in [3.05, 3.63) is 82.9 Å². The van der Waals surface area contributed by atoms with Gasteiger partial charge in [0.2, 0.25) is 5.78 Å². The summed E-state index contributed by atoms with van der Waals surface area (Å²) in [5.74, 6) is -2.09. The van der Waals surface area contributed by atoms with Gasteiger partial charge in [-0.3, -0.25) is 9.59 Å². The number of anilines is 1. The number of aromatic nitrogens is 1. The number of nitrogens with zero attached hydrogens (tertiary/aromatic N) is 1. The Morgan fingerprint density at radius 1 is 0.971 bits per heavy atom. The van der Waals surface area contributed by atoms with Gasteiger partial charge in [-0.1, -0.05) is 31.2 Å². The van der Waals surface area contributed by atoms with E-state index in [-0.39, 0.29) is 22.8 Å². The summed E-state index contributed by atoms with van der Waals surface area (Å²) in [7, 11) is 0. The van der Waals surface area contributed by atoms with Crippen molar-refractivity contribution < 1.29 is 28.2 Å². The van der Waals surface area contributed by atoms with Crippen LogP contribution in [-0.2, 0) is 16.1 Å². The van der Waals surface area contributed by atoms with Crippen LogP contribution in [-0.4, -0.2) is 35.4 Å². The number of nitrogens with one attached hydrogen (secondary N) is 1. The molecule has 0 aliphatic rings. The number of esters is 1. The lowest BCUT2D eigenvalue weighted by atomic mass is 10.1. The number of ketones is 1. The number of para-hydroxylation sites is 2. The van der Waals surface area contributed by atoms with Crippen LogP contribution < -0.4 is 10.1 Å². The Bertz CT molecular complexity index is 1200. The van der Waals surface area contributed by atoms with Crippen LogP contribution in [0.25, 0.3) is 0 Å². The number of ether oxygens (including phenoxy) is 2. The smallest absolute Gasteiger partial charge is 0.342 e. The molecule has 0 atom stereocenters. The molecule has 8 heteroatoms. The minimum Gasteiger partial charge on any atom is -0.483 e. The van der Waals surface area contributed by atoms with E-state index < -0.39 is 30.9 Å². The third kappa shape index (κ3) is 5.89. The molecule has 0 saturated heterocycles. The van der Waals surface area contributed by atoms with Crippen molar-refractivity contribution in [3.63, 3.8) is 0 Å². The van der Waals surface area contributed by atoms with E-state index in [2.05, 4.69) is 16.8 Å². The van der Waals surface area contributed by atoms with Crippen molar-refractivity contribution in [2.75, 3.05) is 18.5 Å². The highest BCUT2D eigenvalue weighted by Crippen LogP contribution is 2.21. The lowest BCUT2D eigenvalue weighted by Crippen LogP contribution is -2.22. The molecule has 1 N–H and O–H groups in total. The number of benzene rings is 2. The third-order valence-electron chi connectivity index (χ3n) is 5.27. The standard InChI is InChI=1S/C26H27FN2O5/c1-4-13-29-17(2)14-20(18(29)3)23(30)15-34-26(32)19-9-5-8-12-24(19)33-16-25(31)28-22-11-7-6-10-21(22)27/h5-12,14H,4,13,15-16H2,1-3H3,(H,28,31). The van der Waals surface area contributed by atoms with E-state index in [1.807, 2.05) is 13.8 Å². The first kappa shape index (κ1) is 24.7. The van der Waals surface area contributed by atoms with Crippen LogP contribution in [0, 0.1) is 19.7 Å². The minimum absolute atomic E-state index is 0.0283. The lowest BCUT2D eigenvalue weighted by molar-refractivity contribution is -0.118. The molecular formula is C26H27FN2O5. The number of carbonyl (C=O) groups is 3. The Morgan fingerprint density at radius 2 is 1.68 bits per heavy atom. The second kappa shape index (κ2) is 11.3. The molecule has 0 saturated carbocycles. The Balaban J connectivity index is 1.61. The van der Waals surface area contributed by atoms with Crippen molar-refractivity contribution in [1.29, 1.82) is 0 Å². The number of carbonyl (C=O) groups excluding carboxylic acids is 3.